The second-order valence-electron chi connectivity index (χ2n) is 11.2. The summed E-state index contributed by atoms with van der Waals surface area (Å²) in [4.78, 5) is 4.28. The monoisotopic (exact) mass is 622 g/mol. The average molecular weight is 624 g/mol. The first-order valence-electron chi connectivity index (χ1n) is 15.9. The van der Waals surface area contributed by atoms with Gasteiger partial charge in [0.25, 0.3) is 0 Å². The van der Waals surface area contributed by atoms with Crippen LogP contribution in [0, 0.1) is 0 Å². The maximum absolute atomic E-state index is 9.32. The molecule has 0 aliphatic carbocycles. The molecule has 7 nitrogen and oxygen atoms in total. The molecule has 1 saturated heterocycles. The number of pyridine rings is 1. The van der Waals surface area contributed by atoms with Crippen molar-refractivity contribution in [3.63, 3.8) is 0 Å². The molecule has 9 heteroatoms. The lowest BCUT2D eigenvalue weighted by Crippen LogP contribution is -2.34. The summed E-state index contributed by atoms with van der Waals surface area (Å²) in [6.07, 6.45) is 23.5. The molecule has 1 aliphatic rings. The summed E-state index contributed by atoms with van der Waals surface area (Å²) in [6, 6.07) is 13.9. The number of benzene rings is 1. The lowest BCUT2D eigenvalue weighted by molar-refractivity contribution is -0.697. The SMILES string of the molecule is CCCCCCCCCCCCCCCC[n+]1ccccc1.OC[C@H]1OC(n2cnc3ccccc32)[C@H](OCl)[C@@H]1OCl. The van der Waals surface area contributed by atoms with Crippen molar-refractivity contribution in [2.24, 2.45) is 0 Å². The smallest absolute Gasteiger partial charge is 0.168 e. The zero-order valence-electron chi connectivity index (χ0n) is 25.2. The topological polar surface area (TPSA) is 69.6 Å². The second-order valence-corrected chi connectivity index (χ2v) is 11.6. The van der Waals surface area contributed by atoms with E-state index in [-0.39, 0.29) is 6.61 Å². The molecule has 1 fully saturated rings. The molecule has 0 saturated carbocycles. The zero-order valence-corrected chi connectivity index (χ0v) is 26.7. The molecule has 0 amide bonds. The van der Waals surface area contributed by atoms with Gasteiger partial charge < -0.3 is 14.4 Å². The van der Waals surface area contributed by atoms with Gasteiger partial charge in [0.05, 0.1) is 47.7 Å². The van der Waals surface area contributed by atoms with Crippen molar-refractivity contribution < 1.29 is 23.0 Å². The third-order valence-corrected chi connectivity index (χ3v) is 8.39. The predicted molar refractivity (Wildman–Crippen MR) is 169 cm³/mol. The number of unbranched alkanes of at least 4 members (excludes halogenated alkanes) is 13. The van der Waals surface area contributed by atoms with Crippen LogP contribution in [-0.2, 0) is 19.9 Å². The summed E-state index contributed by atoms with van der Waals surface area (Å²) in [5.41, 5.74) is 1.68. The van der Waals surface area contributed by atoms with Crippen molar-refractivity contribution in [2.45, 2.75) is 128 Å². The standard InChI is InChI=1S/C21H38N.C12H12Cl2N2O4/c1-2-3-4-5-6-7-8-9-10-11-12-13-14-16-19-22-20-17-15-18-21-22;13-19-10-9(5-17)18-12(11(10)20-14)16-6-15-7-3-1-2-4-8(7)16/h15,17-18,20-21H,2-14,16,19H2,1H3;1-4,6,9-12,17H,5H2/q+1;/t;9-,10-,11-,12?/m.1/s1. The van der Waals surface area contributed by atoms with Crippen LogP contribution in [0.15, 0.2) is 61.2 Å². The van der Waals surface area contributed by atoms with E-state index < -0.39 is 24.5 Å². The molecule has 0 bridgehead atoms. The molecule has 3 heterocycles. The number of fused-ring (bicyclic) bond motifs is 1. The molecule has 1 aliphatic heterocycles. The van der Waals surface area contributed by atoms with Crippen LogP contribution in [0.5, 0.6) is 0 Å². The number of ether oxygens (including phenoxy) is 1. The Labute approximate surface area is 262 Å². The highest BCUT2D eigenvalue weighted by atomic mass is 35.5. The predicted octanol–water partition coefficient (Wildman–Crippen LogP) is 8.46. The van der Waals surface area contributed by atoms with Gasteiger partial charge in [-0.25, -0.2) is 9.55 Å². The van der Waals surface area contributed by atoms with Crippen LogP contribution in [0.1, 0.15) is 103 Å². The van der Waals surface area contributed by atoms with Gasteiger partial charge in [-0.05, 0) is 18.6 Å². The molecular weight excluding hydrogens is 573 g/mol. The number of imidazole rings is 1. The average Bonchev–Trinajstić information content (AvgIpc) is 3.62. The largest absolute Gasteiger partial charge is 0.394 e. The fraction of sp³-hybridized carbons (Fsp3) is 0.636. The van der Waals surface area contributed by atoms with Crippen molar-refractivity contribution in [1.82, 2.24) is 9.55 Å². The Morgan fingerprint density at radius 2 is 1.36 bits per heavy atom. The fourth-order valence-electron chi connectivity index (χ4n) is 5.53. The van der Waals surface area contributed by atoms with Crippen LogP contribution in [0.2, 0.25) is 0 Å². The van der Waals surface area contributed by atoms with Gasteiger partial charge in [0, 0.05) is 18.6 Å². The number of aliphatic hydroxyl groups is 1. The van der Waals surface area contributed by atoms with Gasteiger partial charge in [0.1, 0.15) is 18.8 Å². The molecule has 4 rings (SSSR count). The summed E-state index contributed by atoms with van der Waals surface area (Å²) in [5.74, 6) is 0. The van der Waals surface area contributed by atoms with Crippen LogP contribution < -0.4 is 4.57 Å². The van der Waals surface area contributed by atoms with E-state index in [9.17, 15) is 5.11 Å². The molecule has 42 heavy (non-hydrogen) atoms. The van der Waals surface area contributed by atoms with E-state index in [1.807, 2.05) is 24.3 Å². The van der Waals surface area contributed by atoms with E-state index in [0.29, 0.717) is 0 Å². The van der Waals surface area contributed by atoms with Crippen LogP contribution >= 0.6 is 23.7 Å². The minimum Gasteiger partial charge on any atom is -0.394 e. The Balaban J connectivity index is 0.000000231. The Kier molecular flexibility index (Phi) is 17.4. The van der Waals surface area contributed by atoms with Crippen LogP contribution in [0.3, 0.4) is 0 Å². The van der Waals surface area contributed by atoms with E-state index in [0.717, 1.165) is 11.0 Å². The van der Waals surface area contributed by atoms with Crippen LogP contribution in [0.25, 0.3) is 11.0 Å². The molecule has 1 unspecified atom stereocenters. The first-order chi connectivity index (χ1) is 20.7. The summed E-state index contributed by atoms with van der Waals surface area (Å²) in [5, 5.41) is 9.32. The molecule has 0 radical (unpaired) electrons. The van der Waals surface area contributed by atoms with Crippen molar-refractivity contribution in [2.75, 3.05) is 6.61 Å². The number of rotatable bonds is 19. The molecular formula is C33H50Cl2N3O4+. The quantitative estimate of drug-likeness (QED) is 0.107. The minimum absolute atomic E-state index is 0.253. The van der Waals surface area contributed by atoms with Crippen molar-refractivity contribution in [1.29, 1.82) is 0 Å². The number of halogens is 2. The maximum Gasteiger partial charge on any atom is 0.168 e. The third-order valence-electron chi connectivity index (χ3n) is 7.97. The van der Waals surface area contributed by atoms with E-state index in [1.54, 1.807) is 10.9 Å². The van der Waals surface area contributed by atoms with Gasteiger partial charge in [-0.15, -0.1) is 0 Å². The first kappa shape index (κ1) is 34.7. The van der Waals surface area contributed by atoms with Crippen molar-refractivity contribution in [3.05, 3.63) is 61.2 Å². The first-order valence-corrected chi connectivity index (χ1v) is 16.5. The van der Waals surface area contributed by atoms with E-state index in [1.165, 1.54) is 96.4 Å². The van der Waals surface area contributed by atoms with E-state index in [4.69, 9.17) is 37.0 Å². The highest BCUT2D eigenvalue weighted by Gasteiger charge is 2.48. The number of hydrogen-bond acceptors (Lipinski definition) is 5. The Morgan fingerprint density at radius 1 is 0.786 bits per heavy atom. The number of nitrogens with zero attached hydrogens (tertiary/aromatic N) is 3. The van der Waals surface area contributed by atoms with Crippen LogP contribution in [-0.4, -0.2) is 39.6 Å². The summed E-state index contributed by atoms with van der Waals surface area (Å²) >= 11 is 11.0. The van der Waals surface area contributed by atoms with E-state index in [2.05, 4.69) is 47.1 Å². The number of aryl methyl sites for hydroxylation is 1. The Hall–Kier alpha value is -1.74. The van der Waals surface area contributed by atoms with Gasteiger partial charge in [0.15, 0.2) is 24.7 Å². The number of hydrogen-bond donors (Lipinski definition) is 1. The number of para-hydroxylation sites is 2. The van der Waals surface area contributed by atoms with Crippen molar-refractivity contribution >= 4 is 34.8 Å². The van der Waals surface area contributed by atoms with E-state index >= 15 is 0 Å². The lowest BCUT2D eigenvalue weighted by Gasteiger charge is -2.19. The maximum atomic E-state index is 9.32. The molecule has 0 spiro atoms. The Morgan fingerprint density at radius 3 is 1.93 bits per heavy atom. The Bertz CT molecular complexity index is 1090. The fourth-order valence-corrected chi connectivity index (χ4v) is 5.94. The lowest BCUT2D eigenvalue weighted by atomic mass is 10.0. The van der Waals surface area contributed by atoms with Gasteiger partial charge in [-0.1, -0.05) is 102 Å². The summed E-state index contributed by atoms with van der Waals surface area (Å²) < 4.78 is 19.5. The third kappa shape index (κ3) is 11.4. The second kappa shape index (κ2) is 21.0. The zero-order chi connectivity index (χ0) is 29.8. The molecule has 4 atom stereocenters. The van der Waals surface area contributed by atoms with Gasteiger partial charge in [0.2, 0.25) is 0 Å². The molecule has 3 aromatic rings. The number of aromatic nitrogens is 3. The molecule has 2 aromatic heterocycles. The minimum atomic E-state index is -0.676. The highest BCUT2D eigenvalue weighted by molar-refractivity contribution is 6.08. The number of aliphatic hydroxyl groups excluding tert-OH is 1. The summed E-state index contributed by atoms with van der Waals surface area (Å²) in [7, 11) is 0. The summed E-state index contributed by atoms with van der Waals surface area (Å²) in [6.45, 7) is 3.22. The normalized spacial score (nSPS) is 20.1. The molecule has 1 aromatic carbocycles. The van der Waals surface area contributed by atoms with Crippen LogP contribution in [0.4, 0.5) is 0 Å². The van der Waals surface area contributed by atoms with Gasteiger partial charge in [-0.3, -0.25) is 8.58 Å². The van der Waals surface area contributed by atoms with Gasteiger partial charge >= 0.3 is 0 Å². The molecule has 1 N–H and O–H groups in total. The molecule has 234 valence electrons. The highest BCUT2D eigenvalue weighted by Crippen LogP contribution is 2.36. The van der Waals surface area contributed by atoms with Gasteiger partial charge in [-0.2, -0.15) is 0 Å². The van der Waals surface area contributed by atoms with Crippen molar-refractivity contribution in [3.8, 4) is 0 Å².